The highest BCUT2D eigenvalue weighted by Gasteiger charge is 2.16. The van der Waals surface area contributed by atoms with E-state index in [1.165, 1.54) is 21.3 Å². The van der Waals surface area contributed by atoms with E-state index in [0.717, 1.165) is 0 Å². The number of aliphatic hydroxyl groups is 1. The standard InChI is InChI=1S/C15H22N2O6/c1-21-7-6-16-14(19)15(20)17-9-11(18)10-4-5-12(22-2)13(8-10)23-3/h4-5,8,11,18H,6-7,9H2,1-3H3,(H,16,19)(H,17,20). The molecule has 8 nitrogen and oxygen atoms in total. The highest BCUT2D eigenvalue weighted by atomic mass is 16.5. The van der Waals surface area contributed by atoms with E-state index in [4.69, 9.17) is 14.2 Å². The Bertz CT molecular complexity index is 535. The number of hydrogen-bond donors (Lipinski definition) is 3. The van der Waals surface area contributed by atoms with Gasteiger partial charge in [0.2, 0.25) is 0 Å². The molecular weight excluding hydrogens is 304 g/mol. The fraction of sp³-hybridized carbons (Fsp3) is 0.467. The summed E-state index contributed by atoms with van der Waals surface area (Å²) in [7, 11) is 4.49. The maximum absolute atomic E-state index is 11.6. The van der Waals surface area contributed by atoms with Crippen molar-refractivity contribution in [2.45, 2.75) is 6.10 Å². The van der Waals surface area contributed by atoms with Crippen molar-refractivity contribution >= 4 is 11.8 Å². The van der Waals surface area contributed by atoms with Crippen LogP contribution in [0.4, 0.5) is 0 Å². The molecule has 1 unspecified atom stereocenters. The lowest BCUT2D eigenvalue weighted by Crippen LogP contribution is -2.42. The number of aliphatic hydroxyl groups excluding tert-OH is 1. The minimum absolute atomic E-state index is 0.105. The molecule has 0 aromatic heterocycles. The van der Waals surface area contributed by atoms with E-state index in [1.54, 1.807) is 18.2 Å². The molecule has 1 atom stereocenters. The highest BCUT2D eigenvalue weighted by Crippen LogP contribution is 2.29. The van der Waals surface area contributed by atoms with Crippen molar-refractivity contribution in [1.29, 1.82) is 0 Å². The summed E-state index contributed by atoms with van der Waals surface area (Å²) >= 11 is 0. The van der Waals surface area contributed by atoms with Crippen LogP contribution in [0.3, 0.4) is 0 Å². The third-order valence-corrected chi connectivity index (χ3v) is 3.05. The minimum Gasteiger partial charge on any atom is -0.493 e. The predicted molar refractivity (Wildman–Crippen MR) is 82.4 cm³/mol. The van der Waals surface area contributed by atoms with Crippen molar-refractivity contribution in [2.24, 2.45) is 0 Å². The molecule has 0 spiro atoms. The van der Waals surface area contributed by atoms with Gasteiger partial charge in [-0.15, -0.1) is 0 Å². The maximum atomic E-state index is 11.6. The fourth-order valence-electron chi connectivity index (χ4n) is 1.79. The number of amides is 2. The van der Waals surface area contributed by atoms with E-state index in [2.05, 4.69) is 10.6 Å². The van der Waals surface area contributed by atoms with Crippen LogP contribution in [0.25, 0.3) is 0 Å². The molecular formula is C15H22N2O6. The molecule has 8 heteroatoms. The van der Waals surface area contributed by atoms with Crippen LogP contribution in [0.2, 0.25) is 0 Å². The second kappa shape index (κ2) is 9.65. The first kappa shape index (κ1) is 18.7. The maximum Gasteiger partial charge on any atom is 0.309 e. The summed E-state index contributed by atoms with van der Waals surface area (Å²) in [5.41, 5.74) is 0.530. The van der Waals surface area contributed by atoms with Gasteiger partial charge in [-0.2, -0.15) is 0 Å². The van der Waals surface area contributed by atoms with Gasteiger partial charge in [0, 0.05) is 20.2 Å². The fourth-order valence-corrected chi connectivity index (χ4v) is 1.79. The number of nitrogens with one attached hydrogen (secondary N) is 2. The number of benzene rings is 1. The second-order valence-corrected chi connectivity index (χ2v) is 4.59. The Labute approximate surface area is 134 Å². The number of rotatable bonds is 8. The Balaban J connectivity index is 2.54. The van der Waals surface area contributed by atoms with Crippen LogP contribution in [0.1, 0.15) is 11.7 Å². The van der Waals surface area contributed by atoms with Crippen LogP contribution in [-0.4, -0.2) is 57.9 Å². The molecule has 0 saturated heterocycles. The normalized spacial score (nSPS) is 11.5. The number of carbonyl (C=O) groups excluding carboxylic acids is 2. The lowest BCUT2D eigenvalue weighted by Gasteiger charge is -2.14. The van der Waals surface area contributed by atoms with Gasteiger partial charge in [-0.3, -0.25) is 9.59 Å². The number of hydrogen-bond acceptors (Lipinski definition) is 6. The number of carbonyl (C=O) groups is 2. The average molecular weight is 326 g/mol. The SMILES string of the molecule is COCCNC(=O)C(=O)NCC(O)c1ccc(OC)c(OC)c1. The molecule has 0 fully saturated rings. The number of methoxy groups -OCH3 is 3. The van der Waals surface area contributed by atoms with Gasteiger partial charge in [0.25, 0.3) is 0 Å². The molecule has 23 heavy (non-hydrogen) atoms. The van der Waals surface area contributed by atoms with E-state index in [1.807, 2.05) is 0 Å². The summed E-state index contributed by atoms with van der Waals surface area (Å²) in [6.07, 6.45) is -0.981. The molecule has 2 amide bonds. The molecule has 0 saturated carbocycles. The van der Waals surface area contributed by atoms with Crippen molar-refractivity contribution in [2.75, 3.05) is 41.0 Å². The first-order valence-electron chi connectivity index (χ1n) is 6.98. The van der Waals surface area contributed by atoms with E-state index in [0.29, 0.717) is 23.7 Å². The quantitative estimate of drug-likeness (QED) is 0.444. The molecule has 1 aromatic rings. The van der Waals surface area contributed by atoms with Gasteiger partial charge >= 0.3 is 11.8 Å². The Hall–Kier alpha value is -2.32. The summed E-state index contributed by atoms with van der Waals surface area (Å²) in [5, 5.41) is 14.8. The van der Waals surface area contributed by atoms with E-state index in [9.17, 15) is 14.7 Å². The zero-order valence-corrected chi connectivity index (χ0v) is 13.4. The lowest BCUT2D eigenvalue weighted by atomic mass is 10.1. The lowest BCUT2D eigenvalue weighted by molar-refractivity contribution is -0.139. The van der Waals surface area contributed by atoms with Crippen LogP contribution >= 0.6 is 0 Å². The van der Waals surface area contributed by atoms with Gasteiger partial charge in [0.1, 0.15) is 0 Å². The topological polar surface area (TPSA) is 106 Å². The van der Waals surface area contributed by atoms with Crippen LogP contribution < -0.4 is 20.1 Å². The summed E-state index contributed by atoms with van der Waals surface area (Å²) in [5.74, 6) is -0.597. The van der Waals surface area contributed by atoms with Crippen molar-refractivity contribution in [3.8, 4) is 11.5 Å². The van der Waals surface area contributed by atoms with E-state index in [-0.39, 0.29) is 13.1 Å². The molecule has 0 heterocycles. The van der Waals surface area contributed by atoms with Crippen molar-refractivity contribution < 1.29 is 28.9 Å². The molecule has 3 N–H and O–H groups in total. The predicted octanol–water partition coefficient (Wildman–Crippen LogP) is -0.384. The van der Waals surface area contributed by atoms with Crippen LogP contribution in [0.5, 0.6) is 11.5 Å². The third-order valence-electron chi connectivity index (χ3n) is 3.05. The third kappa shape index (κ3) is 5.76. The number of ether oxygens (including phenoxy) is 3. The molecule has 0 aliphatic heterocycles. The van der Waals surface area contributed by atoms with Gasteiger partial charge in [0.05, 0.1) is 26.9 Å². The average Bonchev–Trinajstić information content (AvgIpc) is 2.58. The highest BCUT2D eigenvalue weighted by molar-refractivity contribution is 6.35. The Morgan fingerprint density at radius 2 is 1.74 bits per heavy atom. The largest absolute Gasteiger partial charge is 0.493 e. The van der Waals surface area contributed by atoms with Crippen molar-refractivity contribution in [3.05, 3.63) is 23.8 Å². The van der Waals surface area contributed by atoms with Gasteiger partial charge in [0.15, 0.2) is 11.5 Å². The monoisotopic (exact) mass is 326 g/mol. The molecule has 0 bridgehead atoms. The van der Waals surface area contributed by atoms with Gasteiger partial charge in [-0.25, -0.2) is 0 Å². The molecule has 1 rings (SSSR count). The Kier molecular flexibility index (Phi) is 7.86. The van der Waals surface area contributed by atoms with Crippen molar-refractivity contribution in [3.63, 3.8) is 0 Å². The van der Waals surface area contributed by atoms with Gasteiger partial charge < -0.3 is 30.0 Å². The Morgan fingerprint density at radius 3 is 2.35 bits per heavy atom. The summed E-state index contributed by atoms with van der Waals surface area (Å²) in [6.45, 7) is 0.445. The van der Waals surface area contributed by atoms with E-state index >= 15 is 0 Å². The first-order valence-corrected chi connectivity index (χ1v) is 6.98. The molecule has 0 aliphatic rings. The summed E-state index contributed by atoms with van der Waals surface area (Å²) in [6, 6.07) is 4.90. The van der Waals surface area contributed by atoms with E-state index < -0.39 is 17.9 Å². The zero-order chi connectivity index (χ0) is 17.2. The Morgan fingerprint density at radius 1 is 1.09 bits per heavy atom. The van der Waals surface area contributed by atoms with Gasteiger partial charge in [-0.1, -0.05) is 6.07 Å². The van der Waals surface area contributed by atoms with Gasteiger partial charge in [-0.05, 0) is 17.7 Å². The summed E-state index contributed by atoms with van der Waals surface area (Å²) in [4.78, 5) is 23.0. The van der Waals surface area contributed by atoms with Crippen LogP contribution in [-0.2, 0) is 14.3 Å². The molecule has 0 radical (unpaired) electrons. The summed E-state index contributed by atoms with van der Waals surface area (Å²) < 4.78 is 15.0. The van der Waals surface area contributed by atoms with Crippen LogP contribution in [0.15, 0.2) is 18.2 Å². The minimum atomic E-state index is -0.981. The zero-order valence-electron chi connectivity index (χ0n) is 13.4. The first-order chi connectivity index (χ1) is 11.0. The molecule has 0 aliphatic carbocycles. The molecule has 1 aromatic carbocycles. The van der Waals surface area contributed by atoms with Crippen molar-refractivity contribution in [1.82, 2.24) is 10.6 Å². The second-order valence-electron chi connectivity index (χ2n) is 4.59. The molecule has 128 valence electrons. The van der Waals surface area contributed by atoms with Crippen LogP contribution in [0, 0.1) is 0 Å². The smallest absolute Gasteiger partial charge is 0.309 e.